The summed E-state index contributed by atoms with van der Waals surface area (Å²) < 4.78 is 27.2. The van der Waals surface area contributed by atoms with Crippen molar-refractivity contribution in [2.45, 2.75) is 18.7 Å². The van der Waals surface area contributed by atoms with Crippen molar-refractivity contribution in [1.29, 1.82) is 0 Å². The fraction of sp³-hybridized carbons (Fsp3) is 0.167. The Balaban J connectivity index is 2.37. The van der Waals surface area contributed by atoms with Crippen molar-refractivity contribution in [3.8, 4) is 0 Å². The molecule has 1 heterocycles. The van der Waals surface area contributed by atoms with Gasteiger partial charge in [0.2, 0.25) is 0 Å². The van der Waals surface area contributed by atoms with Gasteiger partial charge in [-0.25, -0.2) is 18.2 Å². The van der Waals surface area contributed by atoms with Crippen molar-refractivity contribution in [3.05, 3.63) is 38.8 Å². The monoisotopic (exact) mass is 390 g/mol. The molecule has 0 fully saturated rings. The summed E-state index contributed by atoms with van der Waals surface area (Å²) >= 11 is 4.32. The predicted molar refractivity (Wildman–Crippen MR) is 83.5 cm³/mol. The Morgan fingerprint density at radius 2 is 2.05 bits per heavy atom. The summed E-state index contributed by atoms with van der Waals surface area (Å²) in [5.41, 5.74) is 0.764. The minimum absolute atomic E-state index is 0.00163. The van der Waals surface area contributed by atoms with Crippen LogP contribution in [0.3, 0.4) is 0 Å². The number of aromatic carboxylic acids is 1. The first-order chi connectivity index (χ1) is 9.70. The number of hydrogen-bond donors (Lipinski definition) is 2. The summed E-state index contributed by atoms with van der Waals surface area (Å²) in [5.74, 6) is -1.13. The number of rotatable bonds is 4. The highest BCUT2D eigenvalue weighted by molar-refractivity contribution is 9.10. The van der Waals surface area contributed by atoms with Crippen LogP contribution in [-0.2, 0) is 10.0 Å². The van der Waals surface area contributed by atoms with Gasteiger partial charge < -0.3 is 5.11 Å². The van der Waals surface area contributed by atoms with E-state index in [1.165, 1.54) is 29.5 Å². The van der Waals surface area contributed by atoms with Gasteiger partial charge in [-0.15, -0.1) is 11.3 Å². The van der Waals surface area contributed by atoms with E-state index in [0.717, 1.165) is 10.6 Å². The number of aromatic nitrogens is 1. The summed E-state index contributed by atoms with van der Waals surface area (Å²) in [5, 5.41) is 9.15. The molecule has 0 amide bonds. The average Bonchev–Trinajstić information content (AvgIpc) is 2.66. The van der Waals surface area contributed by atoms with E-state index < -0.39 is 16.0 Å². The molecule has 0 saturated carbocycles. The van der Waals surface area contributed by atoms with E-state index in [1.807, 2.05) is 6.92 Å². The fourth-order valence-electron chi connectivity index (χ4n) is 1.54. The third-order valence-electron chi connectivity index (χ3n) is 2.72. The van der Waals surface area contributed by atoms with Crippen molar-refractivity contribution < 1.29 is 18.3 Å². The van der Waals surface area contributed by atoms with E-state index in [1.54, 1.807) is 6.92 Å². The largest absolute Gasteiger partial charge is 0.478 e. The Morgan fingerprint density at radius 3 is 2.52 bits per heavy atom. The quantitative estimate of drug-likeness (QED) is 0.835. The number of anilines is 1. The number of carboxylic acid groups (broad SMARTS) is 1. The Morgan fingerprint density at radius 1 is 1.38 bits per heavy atom. The molecule has 9 heteroatoms. The van der Waals surface area contributed by atoms with Crippen LogP contribution in [0, 0.1) is 13.8 Å². The maximum Gasteiger partial charge on any atom is 0.335 e. The minimum atomic E-state index is -3.83. The number of nitrogens with zero attached hydrogens (tertiary/aromatic N) is 1. The number of sulfonamides is 1. The molecule has 0 aliphatic rings. The summed E-state index contributed by atoms with van der Waals surface area (Å²) in [4.78, 5) is 15.8. The Bertz CT molecular complexity index is 795. The highest BCUT2D eigenvalue weighted by atomic mass is 79.9. The molecule has 0 spiro atoms. The number of aryl methyl sites for hydroxylation is 2. The molecule has 1 aromatic carbocycles. The second kappa shape index (κ2) is 5.74. The van der Waals surface area contributed by atoms with Gasteiger partial charge in [0.25, 0.3) is 10.0 Å². The number of hydrogen-bond acceptors (Lipinski definition) is 5. The molecule has 0 bridgehead atoms. The van der Waals surface area contributed by atoms with E-state index in [4.69, 9.17) is 5.11 Å². The maximum atomic E-state index is 12.3. The van der Waals surface area contributed by atoms with Gasteiger partial charge in [-0.1, -0.05) is 0 Å². The highest BCUT2D eigenvalue weighted by Gasteiger charge is 2.20. The molecular weight excluding hydrogens is 380 g/mol. The summed E-state index contributed by atoms with van der Waals surface area (Å²) in [6.07, 6.45) is 0. The van der Waals surface area contributed by atoms with E-state index in [0.29, 0.717) is 0 Å². The molecule has 0 atom stereocenters. The molecule has 0 unspecified atom stereocenters. The van der Waals surface area contributed by atoms with Gasteiger partial charge in [0.1, 0.15) is 4.90 Å². The van der Waals surface area contributed by atoms with Crippen molar-refractivity contribution in [2.75, 3.05) is 4.72 Å². The first-order valence-corrected chi connectivity index (χ1v) is 8.79. The van der Waals surface area contributed by atoms with Crippen molar-refractivity contribution >= 4 is 48.4 Å². The van der Waals surface area contributed by atoms with E-state index in [2.05, 4.69) is 25.6 Å². The number of halogens is 1. The predicted octanol–water partition coefficient (Wildman–Crippen LogP) is 3.02. The Labute approximate surface area is 134 Å². The van der Waals surface area contributed by atoms with Crippen LogP contribution < -0.4 is 4.72 Å². The van der Waals surface area contributed by atoms with Crippen molar-refractivity contribution in [2.24, 2.45) is 0 Å². The van der Waals surface area contributed by atoms with E-state index in [9.17, 15) is 13.2 Å². The molecule has 0 saturated heterocycles. The lowest BCUT2D eigenvalue weighted by Gasteiger charge is -2.07. The van der Waals surface area contributed by atoms with Crippen LogP contribution in [0.5, 0.6) is 0 Å². The second-order valence-corrected chi connectivity index (χ2v) is 7.92. The minimum Gasteiger partial charge on any atom is -0.478 e. The molecule has 21 heavy (non-hydrogen) atoms. The van der Waals surface area contributed by atoms with Crippen LogP contribution in [0.4, 0.5) is 5.13 Å². The molecule has 1 aromatic heterocycles. The summed E-state index contributed by atoms with van der Waals surface area (Å²) in [6, 6.07) is 3.72. The molecule has 0 radical (unpaired) electrons. The third-order valence-corrected chi connectivity index (χ3v) is 6.15. The van der Waals surface area contributed by atoms with Crippen LogP contribution in [0.1, 0.15) is 20.9 Å². The first-order valence-electron chi connectivity index (χ1n) is 5.70. The number of nitrogens with one attached hydrogen (secondary N) is 1. The zero-order valence-electron chi connectivity index (χ0n) is 11.0. The van der Waals surface area contributed by atoms with Crippen LogP contribution in [0.15, 0.2) is 27.6 Å². The molecule has 2 aromatic rings. The van der Waals surface area contributed by atoms with Crippen molar-refractivity contribution in [1.82, 2.24) is 4.98 Å². The van der Waals surface area contributed by atoms with Gasteiger partial charge in [-0.3, -0.25) is 4.72 Å². The Hall–Kier alpha value is -1.45. The molecule has 0 aliphatic heterocycles. The zero-order chi connectivity index (χ0) is 15.8. The van der Waals surface area contributed by atoms with Crippen molar-refractivity contribution in [3.63, 3.8) is 0 Å². The first kappa shape index (κ1) is 15.9. The molecule has 112 valence electrons. The van der Waals surface area contributed by atoms with E-state index in [-0.39, 0.29) is 20.1 Å². The van der Waals surface area contributed by atoms with Gasteiger partial charge in [0.15, 0.2) is 5.13 Å². The third kappa shape index (κ3) is 3.42. The summed E-state index contributed by atoms with van der Waals surface area (Å²) in [7, 11) is -3.83. The molecule has 6 nitrogen and oxygen atoms in total. The highest BCUT2D eigenvalue weighted by Crippen LogP contribution is 2.28. The normalized spacial score (nSPS) is 11.4. The number of thiazole rings is 1. The zero-order valence-corrected chi connectivity index (χ0v) is 14.3. The second-order valence-electron chi connectivity index (χ2n) is 4.22. The van der Waals surface area contributed by atoms with Crippen LogP contribution in [0.2, 0.25) is 0 Å². The summed E-state index contributed by atoms with van der Waals surface area (Å²) in [6.45, 7) is 3.64. The van der Waals surface area contributed by atoms with Crippen LogP contribution in [-0.4, -0.2) is 24.5 Å². The standard InChI is InChI=1S/C12H11BrN2O4S2/c1-6-7(2)20-12(14-6)15-21(18,19)10-4-3-8(11(16)17)5-9(10)13/h3-5H,1-2H3,(H,14,15)(H,16,17). The number of carbonyl (C=O) groups is 1. The van der Waals surface area contributed by atoms with E-state index >= 15 is 0 Å². The molecular formula is C12H11BrN2O4S2. The maximum absolute atomic E-state index is 12.3. The molecule has 2 rings (SSSR count). The fourth-order valence-corrected chi connectivity index (χ4v) is 4.67. The average molecular weight is 391 g/mol. The van der Waals surface area contributed by atoms with Gasteiger partial charge >= 0.3 is 5.97 Å². The van der Waals surface area contributed by atoms with Crippen LogP contribution >= 0.6 is 27.3 Å². The van der Waals surface area contributed by atoms with Gasteiger partial charge in [0, 0.05) is 9.35 Å². The van der Waals surface area contributed by atoms with Gasteiger partial charge in [-0.2, -0.15) is 0 Å². The van der Waals surface area contributed by atoms with Gasteiger partial charge in [0.05, 0.1) is 11.3 Å². The Kier molecular flexibility index (Phi) is 4.35. The lowest BCUT2D eigenvalue weighted by molar-refractivity contribution is 0.0696. The lowest BCUT2D eigenvalue weighted by Crippen LogP contribution is -2.14. The SMILES string of the molecule is Cc1nc(NS(=O)(=O)c2ccc(C(=O)O)cc2Br)sc1C. The molecule has 0 aliphatic carbocycles. The molecule has 2 N–H and O–H groups in total. The van der Waals surface area contributed by atoms with Crippen LogP contribution in [0.25, 0.3) is 0 Å². The lowest BCUT2D eigenvalue weighted by atomic mass is 10.2. The number of carboxylic acids is 1. The topological polar surface area (TPSA) is 96.4 Å². The number of benzene rings is 1. The van der Waals surface area contributed by atoms with Gasteiger partial charge in [-0.05, 0) is 48.0 Å². The smallest absolute Gasteiger partial charge is 0.335 e.